The van der Waals surface area contributed by atoms with Gasteiger partial charge < -0.3 is 23.8 Å². The topological polar surface area (TPSA) is 40.2 Å². The number of hydrogen-bond acceptors (Lipinski definition) is 5. The molecule has 0 N–H and O–H groups in total. The molecule has 0 saturated carbocycles. The molecule has 2 atom stereocenters. The molecule has 2 unspecified atom stereocenters. The third kappa shape index (κ3) is 5.09. The highest BCUT2D eigenvalue weighted by atomic mass is 16.5. The lowest BCUT2D eigenvalue weighted by Gasteiger charge is -2.33. The normalized spacial score (nSPS) is 17.1. The van der Waals surface area contributed by atoms with Gasteiger partial charge in [-0.3, -0.25) is 0 Å². The van der Waals surface area contributed by atoms with E-state index in [-0.39, 0.29) is 6.10 Å². The molecule has 0 aromatic heterocycles. The van der Waals surface area contributed by atoms with Crippen molar-refractivity contribution >= 4 is 0 Å². The Kier molecular flexibility index (Phi) is 8.22. The lowest BCUT2D eigenvalue weighted by molar-refractivity contribution is 0.0343. The molecule has 0 amide bonds. The Morgan fingerprint density at radius 1 is 0.806 bits per heavy atom. The molecule has 3 aromatic rings. The van der Waals surface area contributed by atoms with Crippen LogP contribution in [-0.4, -0.2) is 54.0 Å². The van der Waals surface area contributed by atoms with E-state index in [0.29, 0.717) is 23.2 Å². The fourth-order valence-corrected chi connectivity index (χ4v) is 5.53. The molecule has 4 rings (SSSR count). The molecule has 0 heterocycles. The Labute approximate surface area is 215 Å². The Morgan fingerprint density at radius 2 is 1.47 bits per heavy atom. The minimum Gasteiger partial charge on any atom is -0.493 e. The van der Waals surface area contributed by atoms with Gasteiger partial charge in [0.1, 0.15) is 0 Å². The summed E-state index contributed by atoms with van der Waals surface area (Å²) >= 11 is 0. The first-order chi connectivity index (χ1) is 17.4. The summed E-state index contributed by atoms with van der Waals surface area (Å²) in [5.74, 6) is 2.52. The monoisotopic (exact) mass is 489 g/mol. The summed E-state index contributed by atoms with van der Waals surface area (Å²) in [6.45, 7) is 3.16. The number of methoxy groups -OCH3 is 4. The van der Waals surface area contributed by atoms with Crippen molar-refractivity contribution in [2.75, 3.05) is 49.1 Å². The highest BCUT2D eigenvalue weighted by Gasteiger charge is 2.29. The molecule has 36 heavy (non-hydrogen) atoms. The fourth-order valence-electron chi connectivity index (χ4n) is 5.53. The van der Waals surface area contributed by atoms with Gasteiger partial charge in [-0.2, -0.15) is 0 Å². The molecular weight excluding hydrogens is 450 g/mol. The number of benzene rings is 3. The second kappa shape index (κ2) is 11.4. The number of aryl methyl sites for hydroxylation is 2. The quantitative estimate of drug-likeness (QED) is 0.341. The zero-order valence-corrected chi connectivity index (χ0v) is 22.7. The number of hydrogen-bond donors (Lipinski definition) is 0. The van der Waals surface area contributed by atoms with Gasteiger partial charge in [0, 0.05) is 12.7 Å². The molecule has 5 nitrogen and oxygen atoms in total. The van der Waals surface area contributed by atoms with Crippen molar-refractivity contribution in [2.45, 2.75) is 32.3 Å². The SMILES string of the molecule is COc1cc(C)c(-c2ccc(-c3ccc4c(c3)CCC(CCN(C)C)C4OC)cc2)c(OC)c1OC. The maximum absolute atomic E-state index is 5.99. The van der Waals surface area contributed by atoms with E-state index in [1.165, 1.54) is 28.7 Å². The van der Waals surface area contributed by atoms with Crippen LogP contribution in [0, 0.1) is 12.8 Å². The van der Waals surface area contributed by atoms with Crippen LogP contribution < -0.4 is 14.2 Å². The molecule has 1 aliphatic rings. The summed E-state index contributed by atoms with van der Waals surface area (Å²) in [5.41, 5.74) is 8.34. The second-order valence-corrected chi connectivity index (χ2v) is 9.88. The molecule has 1 aliphatic carbocycles. The van der Waals surface area contributed by atoms with Gasteiger partial charge in [0.2, 0.25) is 5.75 Å². The van der Waals surface area contributed by atoms with Gasteiger partial charge in [-0.15, -0.1) is 0 Å². The smallest absolute Gasteiger partial charge is 0.203 e. The van der Waals surface area contributed by atoms with Crippen molar-refractivity contribution in [3.05, 3.63) is 65.2 Å². The number of ether oxygens (including phenoxy) is 4. The van der Waals surface area contributed by atoms with E-state index in [1.54, 1.807) is 21.3 Å². The van der Waals surface area contributed by atoms with Gasteiger partial charge in [-0.25, -0.2) is 0 Å². The summed E-state index contributed by atoms with van der Waals surface area (Å²) < 4.78 is 22.9. The third-order valence-electron chi connectivity index (χ3n) is 7.40. The van der Waals surface area contributed by atoms with Crippen LogP contribution in [0.3, 0.4) is 0 Å². The van der Waals surface area contributed by atoms with Crippen molar-refractivity contribution in [2.24, 2.45) is 5.92 Å². The van der Waals surface area contributed by atoms with Crippen LogP contribution in [0.25, 0.3) is 22.3 Å². The van der Waals surface area contributed by atoms with Crippen LogP contribution in [0.5, 0.6) is 17.2 Å². The van der Waals surface area contributed by atoms with Gasteiger partial charge in [0.15, 0.2) is 11.5 Å². The van der Waals surface area contributed by atoms with Gasteiger partial charge in [0.25, 0.3) is 0 Å². The molecule has 0 aliphatic heterocycles. The van der Waals surface area contributed by atoms with Crippen molar-refractivity contribution in [3.63, 3.8) is 0 Å². The summed E-state index contributed by atoms with van der Waals surface area (Å²) in [7, 11) is 11.1. The van der Waals surface area contributed by atoms with E-state index < -0.39 is 0 Å². The van der Waals surface area contributed by atoms with Gasteiger partial charge >= 0.3 is 0 Å². The number of nitrogens with zero attached hydrogens (tertiary/aromatic N) is 1. The van der Waals surface area contributed by atoms with E-state index in [2.05, 4.69) is 68.4 Å². The number of rotatable bonds is 9. The van der Waals surface area contributed by atoms with Crippen molar-refractivity contribution in [3.8, 4) is 39.5 Å². The van der Waals surface area contributed by atoms with Crippen LogP contribution in [-0.2, 0) is 11.2 Å². The molecule has 3 aromatic carbocycles. The lowest BCUT2D eigenvalue weighted by atomic mass is 9.78. The minimum atomic E-state index is 0.172. The van der Waals surface area contributed by atoms with Gasteiger partial charge in [-0.1, -0.05) is 42.5 Å². The Bertz CT molecular complexity index is 1190. The molecular formula is C31H39NO4. The predicted octanol–water partition coefficient (Wildman–Crippen LogP) is 6.56. The van der Waals surface area contributed by atoms with Gasteiger partial charge in [-0.05, 0) is 92.2 Å². The first-order valence-electron chi connectivity index (χ1n) is 12.6. The van der Waals surface area contributed by atoms with Crippen LogP contribution in [0.2, 0.25) is 0 Å². The summed E-state index contributed by atoms with van der Waals surface area (Å²) in [4.78, 5) is 2.26. The maximum atomic E-state index is 5.99. The first kappa shape index (κ1) is 26.1. The average Bonchev–Trinajstić information content (AvgIpc) is 2.90. The van der Waals surface area contributed by atoms with Gasteiger partial charge in [0.05, 0.1) is 27.4 Å². The van der Waals surface area contributed by atoms with Crippen LogP contribution in [0.4, 0.5) is 0 Å². The van der Waals surface area contributed by atoms with E-state index in [0.717, 1.165) is 36.1 Å². The molecule has 0 spiro atoms. The largest absolute Gasteiger partial charge is 0.493 e. The second-order valence-electron chi connectivity index (χ2n) is 9.88. The van der Waals surface area contributed by atoms with E-state index in [9.17, 15) is 0 Å². The molecule has 5 heteroatoms. The Balaban J connectivity index is 1.63. The van der Waals surface area contributed by atoms with E-state index in [4.69, 9.17) is 18.9 Å². The Morgan fingerprint density at radius 3 is 2.08 bits per heavy atom. The van der Waals surface area contributed by atoms with E-state index in [1.807, 2.05) is 13.2 Å². The van der Waals surface area contributed by atoms with E-state index >= 15 is 0 Å². The lowest BCUT2D eigenvalue weighted by Crippen LogP contribution is -2.26. The predicted molar refractivity (Wildman–Crippen MR) is 146 cm³/mol. The summed E-state index contributed by atoms with van der Waals surface area (Å²) in [6, 6.07) is 17.5. The van der Waals surface area contributed by atoms with Crippen LogP contribution in [0.15, 0.2) is 48.5 Å². The molecule has 0 fully saturated rings. The van der Waals surface area contributed by atoms with Crippen LogP contribution >= 0.6 is 0 Å². The highest BCUT2D eigenvalue weighted by molar-refractivity contribution is 5.81. The standard InChI is InChI=1S/C31H39NO4/c1-20-18-27(33-4)30(35-6)31(36-7)28(20)22-10-8-21(9-11-22)24-14-15-26-25(19-24)13-12-23(29(26)34-5)16-17-32(2)3/h8-11,14-15,18-19,23,29H,12-13,16-17H2,1-7H3. The van der Waals surface area contributed by atoms with Crippen molar-refractivity contribution < 1.29 is 18.9 Å². The fraction of sp³-hybridized carbons (Fsp3) is 0.419. The molecule has 0 bridgehead atoms. The van der Waals surface area contributed by atoms with Crippen LogP contribution in [0.1, 0.15) is 35.6 Å². The first-order valence-corrected chi connectivity index (χ1v) is 12.6. The third-order valence-corrected chi connectivity index (χ3v) is 7.40. The van der Waals surface area contributed by atoms with Crippen molar-refractivity contribution in [1.82, 2.24) is 4.90 Å². The highest BCUT2D eigenvalue weighted by Crippen LogP contribution is 2.47. The molecule has 192 valence electrons. The minimum absolute atomic E-state index is 0.172. The Hall–Kier alpha value is -3.02. The maximum Gasteiger partial charge on any atom is 0.203 e. The molecule has 0 saturated heterocycles. The average molecular weight is 490 g/mol. The zero-order chi connectivity index (χ0) is 25.8. The summed E-state index contributed by atoms with van der Waals surface area (Å²) in [5, 5.41) is 0. The molecule has 0 radical (unpaired) electrons. The summed E-state index contributed by atoms with van der Waals surface area (Å²) in [6.07, 6.45) is 3.60. The number of fused-ring (bicyclic) bond motifs is 1. The van der Waals surface area contributed by atoms with Crippen molar-refractivity contribution in [1.29, 1.82) is 0 Å². The zero-order valence-electron chi connectivity index (χ0n) is 22.7.